The monoisotopic (exact) mass is 484 g/mol. The van der Waals surface area contributed by atoms with Crippen molar-refractivity contribution in [3.63, 3.8) is 0 Å². The fourth-order valence-corrected chi connectivity index (χ4v) is 3.78. The molecule has 2 rings (SSSR count). The largest absolute Gasteiger partial charge is 0.504 e. The van der Waals surface area contributed by atoms with Crippen molar-refractivity contribution < 1.29 is 34.4 Å². The number of aromatic hydroxyl groups is 2. The Morgan fingerprint density at radius 2 is 1.89 bits per heavy atom. The van der Waals surface area contributed by atoms with Gasteiger partial charge in [-0.3, -0.25) is 0 Å². The predicted octanol–water partition coefficient (Wildman–Crippen LogP) is 4.83. The lowest BCUT2D eigenvalue weighted by Crippen LogP contribution is -2.27. The number of phenolic OH excluding ortho intramolecular Hbond substituents is 2. The van der Waals surface area contributed by atoms with Crippen LogP contribution in [0.15, 0.2) is 60.2 Å². The minimum atomic E-state index is -0.998. The van der Waals surface area contributed by atoms with E-state index in [1.807, 2.05) is 12.2 Å². The van der Waals surface area contributed by atoms with Gasteiger partial charge in [0.05, 0.1) is 6.61 Å². The maximum absolute atomic E-state index is 12.2. The highest BCUT2D eigenvalue weighted by Gasteiger charge is 2.30. The molecular weight excluding hydrogens is 448 g/mol. The molecule has 0 saturated heterocycles. The van der Waals surface area contributed by atoms with E-state index < -0.39 is 24.6 Å². The molecule has 0 aromatic heterocycles. The van der Waals surface area contributed by atoms with Gasteiger partial charge in [0.25, 0.3) is 0 Å². The second kappa shape index (κ2) is 13.5. The summed E-state index contributed by atoms with van der Waals surface area (Å²) in [6.07, 6.45) is 15.1. The average molecular weight is 485 g/mol. The Labute approximate surface area is 207 Å². The Hall–Kier alpha value is -3.32. The van der Waals surface area contributed by atoms with Gasteiger partial charge in [0.2, 0.25) is 0 Å². The van der Waals surface area contributed by atoms with Crippen LogP contribution in [-0.2, 0) is 19.1 Å². The van der Waals surface area contributed by atoms with Crippen molar-refractivity contribution in [1.29, 1.82) is 0 Å². The fraction of sp³-hybridized carbons (Fsp3) is 0.429. The van der Waals surface area contributed by atoms with E-state index in [-0.39, 0.29) is 23.5 Å². The lowest BCUT2D eigenvalue weighted by atomic mass is 9.69. The Bertz CT molecular complexity index is 989. The molecule has 0 bridgehead atoms. The van der Waals surface area contributed by atoms with Gasteiger partial charge >= 0.3 is 11.9 Å². The number of allylic oxidation sites excluding steroid dienone is 5. The zero-order valence-electron chi connectivity index (χ0n) is 20.6. The van der Waals surface area contributed by atoms with Crippen LogP contribution in [0.4, 0.5) is 0 Å². The molecule has 0 aliphatic heterocycles. The van der Waals surface area contributed by atoms with Crippen molar-refractivity contribution in [1.82, 2.24) is 0 Å². The van der Waals surface area contributed by atoms with Crippen molar-refractivity contribution in [2.24, 2.45) is 11.3 Å². The number of phenols is 2. The lowest BCUT2D eigenvalue weighted by molar-refractivity contribution is -0.154. The summed E-state index contributed by atoms with van der Waals surface area (Å²) in [5, 5.41) is 28.3. The first-order valence-electron chi connectivity index (χ1n) is 11.9. The van der Waals surface area contributed by atoms with Gasteiger partial charge < -0.3 is 24.8 Å². The van der Waals surface area contributed by atoms with Crippen molar-refractivity contribution in [3.05, 3.63) is 65.8 Å². The third-order valence-electron chi connectivity index (χ3n) is 6.23. The molecule has 7 nitrogen and oxygen atoms in total. The van der Waals surface area contributed by atoms with Gasteiger partial charge in [-0.1, -0.05) is 64.0 Å². The van der Waals surface area contributed by atoms with Gasteiger partial charge in [-0.15, -0.1) is 0 Å². The molecule has 3 atom stereocenters. The minimum Gasteiger partial charge on any atom is -0.504 e. The molecule has 190 valence electrons. The molecule has 0 amide bonds. The Kier molecular flexibility index (Phi) is 10.8. The molecule has 1 aliphatic rings. The number of ether oxygens (including phenoxy) is 2. The summed E-state index contributed by atoms with van der Waals surface area (Å²) in [6.45, 7) is 5.88. The molecule has 0 saturated carbocycles. The maximum Gasteiger partial charge on any atom is 0.331 e. The van der Waals surface area contributed by atoms with Crippen molar-refractivity contribution in [3.8, 4) is 11.5 Å². The smallest absolute Gasteiger partial charge is 0.331 e. The quantitative estimate of drug-likeness (QED) is 0.221. The predicted molar refractivity (Wildman–Crippen MR) is 135 cm³/mol. The summed E-state index contributed by atoms with van der Waals surface area (Å²) < 4.78 is 10.2. The number of benzene rings is 1. The summed E-state index contributed by atoms with van der Waals surface area (Å²) in [7, 11) is 0. The van der Waals surface area contributed by atoms with E-state index in [1.54, 1.807) is 6.08 Å². The highest BCUT2D eigenvalue weighted by molar-refractivity contribution is 5.87. The molecule has 1 aromatic carbocycles. The van der Waals surface area contributed by atoms with E-state index >= 15 is 0 Å². The van der Waals surface area contributed by atoms with Crippen LogP contribution >= 0.6 is 0 Å². The Morgan fingerprint density at radius 1 is 1.14 bits per heavy atom. The number of aliphatic hydroxyl groups excluding tert-OH is 1. The molecule has 1 aromatic rings. The standard InChI is InChI=1S/C28H36O7/c1-4-5-7-20(2)28(3)15-6-8-22(17-28)11-14-27(33)35-23(18-29)19-34-26(32)13-10-21-9-12-24(30)25(31)16-21/h6,8-16,20,23,29-31H,4-5,7,17-19H2,1-3H3. The number of esters is 2. The first-order chi connectivity index (χ1) is 16.7. The van der Waals surface area contributed by atoms with Crippen LogP contribution in [0.2, 0.25) is 0 Å². The number of aliphatic hydroxyl groups is 1. The van der Waals surface area contributed by atoms with Crippen LogP contribution in [0.1, 0.15) is 52.0 Å². The van der Waals surface area contributed by atoms with Crippen LogP contribution in [0.3, 0.4) is 0 Å². The Balaban J connectivity index is 1.83. The number of hydrogen-bond donors (Lipinski definition) is 3. The molecule has 35 heavy (non-hydrogen) atoms. The number of carbonyl (C=O) groups excluding carboxylic acids is 2. The highest BCUT2D eigenvalue weighted by Crippen LogP contribution is 2.41. The highest BCUT2D eigenvalue weighted by atomic mass is 16.6. The fourth-order valence-electron chi connectivity index (χ4n) is 3.78. The maximum atomic E-state index is 12.2. The van der Waals surface area contributed by atoms with Gasteiger partial charge in [-0.2, -0.15) is 0 Å². The third kappa shape index (κ3) is 9.09. The van der Waals surface area contributed by atoms with Crippen molar-refractivity contribution >= 4 is 18.0 Å². The van der Waals surface area contributed by atoms with E-state index in [9.17, 15) is 24.9 Å². The van der Waals surface area contributed by atoms with E-state index in [0.717, 1.165) is 24.5 Å². The molecule has 3 unspecified atom stereocenters. The van der Waals surface area contributed by atoms with Crippen LogP contribution in [0.5, 0.6) is 11.5 Å². The molecule has 0 radical (unpaired) electrons. The number of hydrogen-bond acceptors (Lipinski definition) is 7. The van der Waals surface area contributed by atoms with Gasteiger partial charge in [0.1, 0.15) is 6.61 Å². The van der Waals surface area contributed by atoms with Crippen LogP contribution < -0.4 is 0 Å². The number of rotatable bonds is 12. The molecule has 1 aliphatic carbocycles. The first-order valence-corrected chi connectivity index (χ1v) is 11.9. The zero-order chi connectivity index (χ0) is 25.8. The zero-order valence-corrected chi connectivity index (χ0v) is 20.6. The summed E-state index contributed by atoms with van der Waals surface area (Å²) in [5.74, 6) is -1.40. The minimum absolute atomic E-state index is 0.0295. The van der Waals surface area contributed by atoms with Crippen molar-refractivity contribution in [2.75, 3.05) is 13.2 Å². The van der Waals surface area contributed by atoms with Gasteiger partial charge in [-0.05, 0) is 53.5 Å². The van der Waals surface area contributed by atoms with E-state index in [2.05, 4.69) is 26.8 Å². The molecule has 0 spiro atoms. The first kappa shape index (κ1) is 27.9. The van der Waals surface area contributed by atoms with Gasteiger partial charge in [-0.25, -0.2) is 9.59 Å². The van der Waals surface area contributed by atoms with E-state index in [4.69, 9.17) is 9.47 Å². The normalized spacial score (nSPS) is 19.5. The van der Waals surface area contributed by atoms with Crippen molar-refractivity contribution in [2.45, 2.75) is 52.6 Å². The third-order valence-corrected chi connectivity index (χ3v) is 6.23. The number of carbonyl (C=O) groups is 2. The lowest BCUT2D eigenvalue weighted by Gasteiger charge is -2.35. The average Bonchev–Trinajstić information content (AvgIpc) is 2.84. The molecule has 0 fully saturated rings. The molecule has 7 heteroatoms. The van der Waals surface area contributed by atoms with Crippen LogP contribution in [0.25, 0.3) is 6.08 Å². The van der Waals surface area contributed by atoms with Crippen LogP contribution in [0, 0.1) is 11.3 Å². The summed E-state index contributed by atoms with van der Waals surface area (Å²) in [5.41, 5.74) is 1.53. The van der Waals surface area contributed by atoms with Gasteiger partial charge in [0.15, 0.2) is 17.6 Å². The SMILES string of the molecule is CCCCC(C)C1(C)C=CC=C(C=CC(=O)OC(CO)COC(=O)C=Cc2ccc(O)c(O)c2)C1. The second-order valence-electron chi connectivity index (χ2n) is 9.11. The summed E-state index contributed by atoms with van der Waals surface area (Å²) in [4.78, 5) is 24.2. The van der Waals surface area contributed by atoms with Gasteiger partial charge in [0, 0.05) is 12.2 Å². The van der Waals surface area contributed by atoms with E-state index in [0.29, 0.717) is 11.5 Å². The molecular formula is C28H36O7. The number of unbranched alkanes of at least 4 members (excludes halogenated alkanes) is 1. The molecule has 0 heterocycles. The summed E-state index contributed by atoms with van der Waals surface area (Å²) >= 11 is 0. The van der Waals surface area contributed by atoms with E-state index in [1.165, 1.54) is 43.2 Å². The Morgan fingerprint density at radius 3 is 2.57 bits per heavy atom. The van der Waals surface area contributed by atoms with Crippen LogP contribution in [-0.4, -0.2) is 46.6 Å². The summed E-state index contributed by atoms with van der Waals surface area (Å²) in [6, 6.07) is 4.09. The topological polar surface area (TPSA) is 113 Å². The second-order valence-corrected chi connectivity index (χ2v) is 9.11. The molecule has 3 N–H and O–H groups in total.